The van der Waals surface area contributed by atoms with E-state index < -0.39 is 0 Å². The third kappa shape index (κ3) is 4.05. The van der Waals surface area contributed by atoms with Crippen LogP contribution in [0.1, 0.15) is 26.3 Å². The van der Waals surface area contributed by atoms with Crippen molar-refractivity contribution in [3.8, 4) is 0 Å². The van der Waals surface area contributed by atoms with Gasteiger partial charge in [0.15, 0.2) is 0 Å². The highest BCUT2D eigenvalue weighted by molar-refractivity contribution is 6.14. The quantitative estimate of drug-likeness (QED) is 0.530. The van der Waals surface area contributed by atoms with E-state index in [1.54, 1.807) is 48.5 Å². The number of fused-ring (bicyclic) bond motifs is 1. The molecule has 0 bridgehead atoms. The van der Waals surface area contributed by atoms with Crippen LogP contribution in [-0.4, -0.2) is 28.7 Å². The van der Waals surface area contributed by atoms with Crippen LogP contribution in [0.25, 0.3) is 10.9 Å². The van der Waals surface area contributed by atoms with Gasteiger partial charge in [0.25, 0.3) is 11.8 Å². The molecule has 4 aromatic rings. The smallest absolute Gasteiger partial charge is 0.257 e. The van der Waals surface area contributed by atoms with Crippen LogP contribution in [0.5, 0.6) is 0 Å². The van der Waals surface area contributed by atoms with Gasteiger partial charge in [0, 0.05) is 25.2 Å². The maximum Gasteiger partial charge on any atom is 0.257 e. The fraction of sp³-hybridized carbons (Fsp3) is 0.0800. The Morgan fingerprint density at radius 3 is 2.37 bits per heavy atom. The predicted octanol–water partition coefficient (Wildman–Crippen LogP) is 4.76. The molecule has 30 heavy (non-hydrogen) atoms. The second-order valence-corrected chi connectivity index (χ2v) is 7.03. The van der Waals surface area contributed by atoms with Gasteiger partial charge in [-0.15, -0.1) is 0 Å². The van der Waals surface area contributed by atoms with E-state index in [0.717, 1.165) is 10.9 Å². The molecule has 148 valence electrons. The predicted molar refractivity (Wildman–Crippen MR) is 118 cm³/mol. The zero-order chi connectivity index (χ0) is 20.9. The number of rotatable bonds is 5. The minimum Gasteiger partial charge on any atom is -0.337 e. The molecule has 0 radical (unpaired) electrons. The van der Waals surface area contributed by atoms with Gasteiger partial charge in [0.2, 0.25) is 0 Å². The molecule has 1 aromatic heterocycles. The summed E-state index contributed by atoms with van der Waals surface area (Å²) in [4.78, 5) is 32.0. The van der Waals surface area contributed by atoms with Crippen molar-refractivity contribution in [1.29, 1.82) is 0 Å². The highest BCUT2D eigenvalue weighted by Crippen LogP contribution is 2.21. The van der Waals surface area contributed by atoms with Gasteiger partial charge in [-0.3, -0.25) is 14.6 Å². The van der Waals surface area contributed by atoms with Crippen molar-refractivity contribution in [2.45, 2.75) is 6.54 Å². The average molecular weight is 395 g/mol. The van der Waals surface area contributed by atoms with Gasteiger partial charge in [-0.25, -0.2) is 0 Å². The van der Waals surface area contributed by atoms with E-state index in [9.17, 15) is 9.59 Å². The molecule has 5 nitrogen and oxygen atoms in total. The first-order valence-electron chi connectivity index (χ1n) is 9.67. The summed E-state index contributed by atoms with van der Waals surface area (Å²) >= 11 is 0. The molecule has 1 heterocycles. The van der Waals surface area contributed by atoms with Crippen molar-refractivity contribution >= 4 is 28.4 Å². The molecule has 0 spiro atoms. The zero-order valence-electron chi connectivity index (χ0n) is 16.6. The van der Waals surface area contributed by atoms with Crippen LogP contribution in [0, 0.1) is 0 Å². The van der Waals surface area contributed by atoms with Crippen LogP contribution >= 0.6 is 0 Å². The number of hydrogen-bond donors (Lipinski definition) is 1. The largest absolute Gasteiger partial charge is 0.337 e. The van der Waals surface area contributed by atoms with Crippen molar-refractivity contribution in [1.82, 2.24) is 9.88 Å². The highest BCUT2D eigenvalue weighted by Gasteiger charge is 2.18. The number of nitrogens with one attached hydrogen (secondary N) is 1. The van der Waals surface area contributed by atoms with Crippen LogP contribution < -0.4 is 5.32 Å². The van der Waals surface area contributed by atoms with E-state index in [2.05, 4.69) is 10.3 Å². The first-order chi connectivity index (χ1) is 14.6. The number of pyridine rings is 1. The number of para-hydroxylation sites is 2. The molecule has 0 saturated heterocycles. The Morgan fingerprint density at radius 2 is 1.53 bits per heavy atom. The van der Waals surface area contributed by atoms with Gasteiger partial charge in [-0.05, 0) is 29.8 Å². The summed E-state index contributed by atoms with van der Waals surface area (Å²) in [7, 11) is 1.75. The van der Waals surface area contributed by atoms with Gasteiger partial charge < -0.3 is 10.2 Å². The van der Waals surface area contributed by atoms with Crippen LogP contribution in [0.15, 0.2) is 91.1 Å². The Labute approximate surface area is 175 Å². The first kappa shape index (κ1) is 19.3. The first-order valence-corrected chi connectivity index (χ1v) is 9.67. The highest BCUT2D eigenvalue weighted by atomic mass is 16.2. The number of hydrogen-bond acceptors (Lipinski definition) is 3. The van der Waals surface area contributed by atoms with E-state index in [-0.39, 0.29) is 11.8 Å². The lowest BCUT2D eigenvalue weighted by atomic mass is 10.1. The molecular formula is C25H21N3O2. The molecule has 4 rings (SSSR count). The van der Waals surface area contributed by atoms with Crippen LogP contribution in [-0.2, 0) is 6.54 Å². The number of carbonyl (C=O) groups is 2. The normalized spacial score (nSPS) is 10.6. The van der Waals surface area contributed by atoms with Crippen LogP contribution in [0.3, 0.4) is 0 Å². The lowest BCUT2D eigenvalue weighted by molar-refractivity contribution is 0.0786. The summed E-state index contributed by atoms with van der Waals surface area (Å²) in [6.45, 7) is 0.481. The summed E-state index contributed by atoms with van der Waals surface area (Å²) < 4.78 is 0. The molecule has 0 aliphatic carbocycles. The zero-order valence-corrected chi connectivity index (χ0v) is 16.6. The standard InChI is InChI=1S/C25H21N3O2/c1-28(17-18-9-3-2-4-10-18)25(30)20-13-5-6-15-22(20)27-24(29)21-14-7-11-19-12-8-16-26-23(19)21/h2-16H,17H2,1H3,(H,27,29). The molecule has 5 heteroatoms. The minimum absolute atomic E-state index is 0.161. The SMILES string of the molecule is CN(Cc1ccccc1)C(=O)c1ccccc1NC(=O)c1cccc2cccnc12. The van der Waals surface area contributed by atoms with Gasteiger partial charge in [0.05, 0.1) is 22.3 Å². The third-order valence-electron chi connectivity index (χ3n) is 4.89. The van der Waals surface area contributed by atoms with E-state index in [0.29, 0.717) is 28.9 Å². The van der Waals surface area contributed by atoms with E-state index in [4.69, 9.17) is 0 Å². The summed E-state index contributed by atoms with van der Waals surface area (Å²) in [5, 5.41) is 3.78. The Bertz CT molecular complexity index is 1200. The molecule has 0 aliphatic rings. The van der Waals surface area contributed by atoms with Crippen LogP contribution in [0.4, 0.5) is 5.69 Å². The lowest BCUT2D eigenvalue weighted by Crippen LogP contribution is -2.27. The molecule has 0 saturated carbocycles. The molecule has 0 unspecified atom stereocenters. The van der Waals surface area contributed by atoms with E-state index in [1.807, 2.05) is 54.6 Å². The molecule has 0 aliphatic heterocycles. The molecule has 0 atom stereocenters. The van der Waals surface area contributed by atoms with Crippen molar-refractivity contribution in [3.63, 3.8) is 0 Å². The Morgan fingerprint density at radius 1 is 0.833 bits per heavy atom. The second kappa shape index (κ2) is 8.57. The van der Waals surface area contributed by atoms with Crippen molar-refractivity contribution in [3.05, 3.63) is 108 Å². The topological polar surface area (TPSA) is 62.3 Å². The van der Waals surface area contributed by atoms with Gasteiger partial charge >= 0.3 is 0 Å². The summed E-state index contributed by atoms with van der Waals surface area (Å²) in [5.41, 5.74) is 3.05. The fourth-order valence-corrected chi connectivity index (χ4v) is 3.39. The number of amides is 2. The number of benzene rings is 3. The van der Waals surface area contributed by atoms with E-state index >= 15 is 0 Å². The molecule has 2 amide bonds. The third-order valence-corrected chi connectivity index (χ3v) is 4.89. The number of nitrogens with zero attached hydrogens (tertiary/aromatic N) is 2. The van der Waals surface area contributed by atoms with Gasteiger partial charge in [0.1, 0.15) is 0 Å². The summed E-state index contributed by atoms with van der Waals surface area (Å²) in [6, 6.07) is 26.0. The molecule has 3 aromatic carbocycles. The molecule has 1 N–H and O–H groups in total. The maximum atomic E-state index is 13.1. The number of anilines is 1. The Kier molecular flexibility index (Phi) is 5.52. The lowest BCUT2D eigenvalue weighted by Gasteiger charge is -2.19. The Balaban J connectivity index is 1.58. The molecule has 0 fully saturated rings. The monoisotopic (exact) mass is 395 g/mol. The number of carbonyl (C=O) groups excluding carboxylic acids is 2. The van der Waals surface area contributed by atoms with Crippen molar-refractivity contribution in [2.75, 3.05) is 12.4 Å². The van der Waals surface area contributed by atoms with Crippen LogP contribution in [0.2, 0.25) is 0 Å². The van der Waals surface area contributed by atoms with E-state index in [1.165, 1.54) is 0 Å². The summed E-state index contributed by atoms with van der Waals surface area (Å²) in [5.74, 6) is -0.462. The van der Waals surface area contributed by atoms with Crippen molar-refractivity contribution in [2.24, 2.45) is 0 Å². The minimum atomic E-state index is -0.301. The summed E-state index contributed by atoms with van der Waals surface area (Å²) in [6.07, 6.45) is 1.66. The second-order valence-electron chi connectivity index (χ2n) is 7.03. The molecular weight excluding hydrogens is 374 g/mol. The van der Waals surface area contributed by atoms with Gasteiger partial charge in [-0.1, -0.05) is 60.7 Å². The maximum absolute atomic E-state index is 13.1. The average Bonchev–Trinajstić information content (AvgIpc) is 2.79. The van der Waals surface area contributed by atoms with Gasteiger partial charge in [-0.2, -0.15) is 0 Å². The number of aromatic nitrogens is 1. The Hall–Kier alpha value is -3.99. The fourth-order valence-electron chi connectivity index (χ4n) is 3.39. The van der Waals surface area contributed by atoms with Crippen molar-refractivity contribution < 1.29 is 9.59 Å².